The summed E-state index contributed by atoms with van der Waals surface area (Å²) in [5.74, 6) is 2.23. The van der Waals surface area contributed by atoms with E-state index in [0.717, 1.165) is 0 Å². The van der Waals surface area contributed by atoms with Crippen molar-refractivity contribution in [2.24, 2.45) is 0 Å². The van der Waals surface area contributed by atoms with E-state index in [1.807, 2.05) is 0 Å². The maximum absolute atomic E-state index is 12.0. The highest BCUT2D eigenvalue weighted by Crippen LogP contribution is 2.41. The molecule has 0 saturated carbocycles. The quantitative estimate of drug-likeness (QED) is 0.267. The van der Waals surface area contributed by atoms with Crippen LogP contribution in [0, 0.1) is 12.3 Å². The number of rotatable bonds is 9. The van der Waals surface area contributed by atoms with E-state index in [0.29, 0.717) is 0 Å². The van der Waals surface area contributed by atoms with Crippen molar-refractivity contribution in [3.63, 3.8) is 0 Å². The number of terminal acetylenes is 1. The highest BCUT2D eigenvalue weighted by Gasteiger charge is 2.17. The predicted molar refractivity (Wildman–Crippen MR) is 54.7 cm³/mol. The topological polar surface area (TPSA) is 27.7 Å². The van der Waals surface area contributed by atoms with Crippen molar-refractivity contribution in [1.82, 2.24) is 0 Å². The molecule has 0 bridgehead atoms. The molecule has 0 aliphatic carbocycles. The molecule has 1 unspecified atom stereocenters. The SMILES string of the molecule is C#CCOCC(COCC=C)OP(F)F. The lowest BCUT2D eigenvalue weighted by atomic mass is 10.4. The smallest absolute Gasteiger partial charge is 0.375 e. The third kappa shape index (κ3) is 9.77. The van der Waals surface area contributed by atoms with E-state index in [9.17, 15) is 8.39 Å². The second-order valence-electron chi connectivity index (χ2n) is 2.47. The first-order chi connectivity index (χ1) is 7.20. The first-order valence-electron chi connectivity index (χ1n) is 4.19. The molecular weight excluding hydrogens is 225 g/mol. The van der Waals surface area contributed by atoms with E-state index >= 15 is 0 Å². The fraction of sp³-hybridized carbons (Fsp3) is 0.556. The van der Waals surface area contributed by atoms with E-state index in [1.54, 1.807) is 0 Å². The maximum Gasteiger partial charge on any atom is 0.415 e. The van der Waals surface area contributed by atoms with Gasteiger partial charge in [-0.1, -0.05) is 12.0 Å². The molecular formula is C9H13F2O3P. The van der Waals surface area contributed by atoms with Crippen molar-refractivity contribution in [3.8, 4) is 12.3 Å². The molecule has 0 aromatic heterocycles. The highest BCUT2D eigenvalue weighted by molar-refractivity contribution is 7.40. The van der Waals surface area contributed by atoms with Crippen LogP contribution in [-0.4, -0.2) is 32.5 Å². The standard InChI is InChI=1S/C9H13F2O3P/c1-3-5-12-7-9(14-15(10)11)8-13-6-4-2/h1,4,9H,2,5-8H2. The molecule has 6 heteroatoms. The monoisotopic (exact) mass is 238 g/mol. The Morgan fingerprint density at radius 2 is 2.07 bits per heavy atom. The molecule has 86 valence electrons. The van der Waals surface area contributed by atoms with Crippen LogP contribution in [-0.2, 0) is 14.0 Å². The van der Waals surface area contributed by atoms with Crippen molar-refractivity contribution in [3.05, 3.63) is 12.7 Å². The van der Waals surface area contributed by atoms with Gasteiger partial charge in [0.05, 0.1) is 19.8 Å². The summed E-state index contributed by atoms with van der Waals surface area (Å²) in [5, 5.41) is 0. The lowest BCUT2D eigenvalue weighted by Crippen LogP contribution is -2.23. The minimum atomic E-state index is -3.42. The van der Waals surface area contributed by atoms with Gasteiger partial charge in [-0.05, 0) is 0 Å². The van der Waals surface area contributed by atoms with Gasteiger partial charge < -0.3 is 9.47 Å². The van der Waals surface area contributed by atoms with Crippen LogP contribution in [0.15, 0.2) is 12.7 Å². The van der Waals surface area contributed by atoms with Crippen molar-refractivity contribution >= 4 is 8.77 Å². The van der Waals surface area contributed by atoms with Gasteiger partial charge in [0, 0.05) is 0 Å². The Morgan fingerprint density at radius 1 is 1.40 bits per heavy atom. The van der Waals surface area contributed by atoms with Crippen LogP contribution in [0.5, 0.6) is 0 Å². The van der Waals surface area contributed by atoms with Gasteiger partial charge in [0.1, 0.15) is 12.7 Å². The molecule has 0 heterocycles. The zero-order chi connectivity index (χ0) is 11.5. The van der Waals surface area contributed by atoms with E-state index in [-0.39, 0.29) is 26.4 Å². The first kappa shape index (κ1) is 14.5. The van der Waals surface area contributed by atoms with Crippen LogP contribution in [0.3, 0.4) is 0 Å². The fourth-order valence-corrected chi connectivity index (χ4v) is 1.10. The summed E-state index contributed by atoms with van der Waals surface area (Å²) in [7, 11) is -3.42. The molecule has 15 heavy (non-hydrogen) atoms. The zero-order valence-electron chi connectivity index (χ0n) is 8.20. The molecule has 3 nitrogen and oxygen atoms in total. The normalized spacial score (nSPS) is 12.4. The first-order valence-corrected chi connectivity index (χ1v) is 5.23. The third-order valence-electron chi connectivity index (χ3n) is 1.26. The van der Waals surface area contributed by atoms with Crippen LogP contribution >= 0.6 is 8.77 Å². The summed E-state index contributed by atoms with van der Waals surface area (Å²) in [6.45, 7) is 3.80. The number of halogens is 2. The Morgan fingerprint density at radius 3 is 2.60 bits per heavy atom. The predicted octanol–water partition coefficient (Wildman–Crippen LogP) is 2.39. The highest BCUT2D eigenvalue weighted by atomic mass is 31.2. The molecule has 0 spiro atoms. The molecule has 0 N–H and O–H groups in total. The van der Waals surface area contributed by atoms with Crippen LogP contribution in [0.2, 0.25) is 0 Å². The van der Waals surface area contributed by atoms with Crippen LogP contribution < -0.4 is 0 Å². The van der Waals surface area contributed by atoms with Crippen molar-refractivity contribution in [1.29, 1.82) is 0 Å². The molecule has 0 aromatic rings. The summed E-state index contributed by atoms with van der Waals surface area (Å²) in [6, 6.07) is 0. The number of hydrogen-bond donors (Lipinski definition) is 0. The minimum absolute atomic E-state index is 0.00594. The Bertz CT molecular complexity index is 206. The summed E-state index contributed by atoms with van der Waals surface area (Å²) in [5.41, 5.74) is 0. The van der Waals surface area contributed by atoms with Gasteiger partial charge >= 0.3 is 8.77 Å². The van der Waals surface area contributed by atoms with Gasteiger partial charge in [-0.2, -0.15) is 8.39 Å². The van der Waals surface area contributed by atoms with Crippen molar-refractivity contribution < 1.29 is 22.4 Å². The summed E-state index contributed by atoms with van der Waals surface area (Å²) in [6.07, 6.45) is 5.66. The van der Waals surface area contributed by atoms with E-state index in [4.69, 9.17) is 15.9 Å². The molecule has 0 aliphatic rings. The summed E-state index contributed by atoms with van der Waals surface area (Å²) in [4.78, 5) is 0. The minimum Gasteiger partial charge on any atom is -0.375 e. The Labute approximate surface area is 89.5 Å². The number of ether oxygens (including phenoxy) is 2. The second kappa shape index (κ2) is 10.0. The summed E-state index contributed by atoms with van der Waals surface area (Å²) >= 11 is 0. The maximum atomic E-state index is 12.0. The molecule has 0 aromatic carbocycles. The van der Waals surface area contributed by atoms with E-state index in [1.165, 1.54) is 6.08 Å². The van der Waals surface area contributed by atoms with E-state index in [2.05, 4.69) is 17.0 Å². The lowest BCUT2D eigenvalue weighted by molar-refractivity contribution is 0.00794. The average Bonchev–Trinajstić information content (AvgIpc) is 2.17. The lowest BCUT2D eigenvalue weighted by Gasteiger charge is -2.15. The van der Waals surface area contributed by atoms with Gasteiger partial charge in [-0.15, -0.1) is 13.0 Å². The van der Waals surface area contributed by atoms with Crippen LogP contribution in [0.1, 0.15) is 0 Å². The summed E-state index contributed by atoms with van der Waals surface area (Å²) < 4.78 is 38.1. The van der Waals surface area contributed by atoms with Gasteiger partial charge in [-0.3, -0.25) is 4.52 Å². The van der Waals surface area contributed by atoms with E-state index < -0.39 is 14.9 Å². The molecule has 0 rings (SSSR count). The zero-order valence-corrected chi connectivity index (χ0v) is 9.09. The molecule has 0 aliphatic heterocycles. The van der Waals surface area contributed by atoms with Gasteiger partial charge in [0.2, 0.25) is 0 Å². The van der Waals surface area contributed by atoms with Gasteiger partial charge in [0.15, 0.2) is 0 Å². The van der Waals surface area contributed by atoms with Crippen LogP contribution in [0.25, 0.3) is 0 Å². The fourth-order valence-electron chi connectivity index (χ4n) is 0.754. The average molecular weight is 238 g/mol. The molecule has 0 amide bonds. The van der Waals surface area contributed by atoms with Crippen molar-refractivity contribution in [2.75, 3.05) is 26.4 Å². The molecule has 0 fully saturated rings. The Hall–Kier alpha value is -0.530. The Balaban J connectivity index is 3.73. The third-order valence-corrected chi connectivity index (χ3v) is 1.71. The molecule has 1 atom stereocenters. The Kier molecular flexibility index (Phi) is 9.65. The van der Waals surface area contributed by atoms with Crippen LogP contribution in [0.4, 0.5) is 8.39 Å². The van der Waals surface area contributed by atoms with Gasteiger partial charge in [0.25, 0.3) is 0 Å². The molecule has 0 radical (unpaired) electrons. The largest absolute Gasteiger partial charge is 0.415 e. The number of hydrogen-bond acceptors (Lipinski definition) is 3. The van der Waals surface area contributed by atoms with Gasteiger partial charge in [-0.25, -0.2) is 0 Å². The van der Waals surface area contributed by atoms with Crippen molar-refractivity contribution in [2.45, 2.75) is 6.10 Å². The molecule has 0 saturated heterocycles. The second-order valence-corrected chi connectivity index (χ2v) is 3.09.